The molecule has 0 atom stereocenters. The minimum absolute atomic E-state index is 0.0113. The molecule has 2 amide bonds. The van der Waals surface area contributed by atoms with E-state index in [1.807, 2.05) is 6.92 Å². The van der Waals surface area contributed by atoms with Gasteiger partial charge in [-0.3, -0.25) is 9.59 Å². The zero-order chi connectivity index (χ0) is 24.7. The van der Waals surface area contributed by atoms with Crippen LogP contribution in [0.3, 0.4) is 0 Å². The number of nitrogens with one attached hydrogen (secondary N) is 2. The van der Waals surface area contributed by atoms with Crippen LogP contribution in [0.25, 0.3) is 0 Å². The van der Waals surface area contributed by atoms with E-state index in [0.717, 1.165) is 32.3 Å². The molecular weight excluding hydrogens is 444 g/mol. The molecule has 34 heavy (non-hydrogen) atoms. The van der Waals surface area contributed by atoms with E-state index in [-0.39, 0.29) is 17.5 Å². The molecular formula is C23H44N4O7. The predicted octanol–water partition coefficient (Wildman–Crippen LogP) is 1.84. The lowest BCUT2D eigenvalue weighted by atomic mass is 10.1. The summed E-state index contributed by atoms with van der Waals surface area (Å²) in [7, 11) is 1.71. The van der Waals surface area contributed by atoms with E-state index in [1.54, 1.807) is 7.11 Å². The molecule has 0 saturated heterocycles. The van der Waals surface area contributed by atoms with Crippen LogP contribution in [0.4, 0.5) is 0 Å². The van der Waals surface area contributed by atoms with E-state index >= 15 is 0 Å². The number of rotatable bonds is 25. The molecule has 11 heteroatoms. The van der Waals surface area contributed by atoms with Gasteiger partial charge in [-0.05, 0) is 19.8 Å². The van der Waals surface area contributed by atoms with Gasteiger partial charge in [0.1, 0.15) is 0 Å². The minimum atomic E-state index is -0.329. The van der Waals surface area contributed by atoms with Crippen molar-refractivity contribution < 1.29 is 33.3 Å². The first-order chi connectivity index (χ1) is 16.6. The summed E-state index contributed by atoms with van der Waals surface area (Å²) in [5.74, 6) is 0.00857. The minimum Gasteiger partial charge on any atom is -0.385 e. The van der Waals surface area contributed by atoms with Gasteiger partial charge in [-0.1, -0.05) is 12.8 Å². The van der Waals surface area contributed by atoms with Crippen molar-refractivity contribution in [2.75, 3.05) is 79.7 Å². The third-order valence-corrected chi connectivity index (χ3v) is 5.02. The fourth-order valence-electron chi connectivity index (χ4n) is 2.85. The molecule has 0 aromatic carbocycles. The molecule has 1 aliphatic rings. The molecule has 198 valence electrons. The maximum atomic E-state index is 11.7. The van der Waals surface area contributed by atoms with Gasteiger partial charge in [0, 0.05) is 46.1 Å². The Hall–Kier alpha value is -1.66. The lowest BCUT2D eigenvalue weighted by molar-refractivity contribution is -0.122. The number of ether oxygens (including phenoxy) is 5. The molecule has 0 bridgehead atoms. The van der Waals surface area contributed by atoms with Crippen LogP contribution in [0.5, 0.6) is 0 Å². The lowest BCUT2D eigenvalue weighted by Gasteiger charge is -2.09. The van der Waals surface area contributed by atoms with Crippen molar-refractivity contribution in [3.8, 4) is 0 Å². The van der Waals surface area contributed by atoms with Crippen LogP contribution in [0.1, 0.15) is 51.9 Å². The Kier molecular flexibility index (Phi) is 18.5. The monoisotopic (exact) mass is 488 g/mol. The maximum Gasteiger partial charge on any atom is 0.222 e. The van der Waals surface area contributed by atoms with Crippen molar-refractivity contribution in [3.05, 3.63) is 0 Å². The molecule has 11 nitrogen and oxygen atoms in total. The van der Waals surface area contributed by atoms with E-state index in [9.17, 15) is 9.59 Å². The van der Waals surface area contributed by atoms with Gasteiger partial charge in [-0.2, -0.15) is 10.2 Å². The molecule has 0 aromatic rings. The SMILES string of the molecule is COCCCCCCNC(=O)CCOCCOCCOCCOCCNC(=O)CCC1(C)N=N1. The highest BCUT2D eigenvalue weighted by molar-refractivity contribution is 5.76. The Labute approximate surface area is 203 Å². The van der Waals surface area contributed by atoms with Crippen molar-refractivity contribution >= 4 is 11.8 Å². The van der Waals surface area contributed by atoms with Gasteiger partial charge in [-0.15, -0.1) is 0 Å². The Balaban J connectivity index is 1.70. The molecule has 2 N–H and O–H groups in total. The van der Waals surface area contributed by atoms with Crippen molar-refractivity contribution in [1.29, 1.82) is 0 Å². The fraction of sp³-hybridized carbons (Fsp3) is 0.913. The number of hydrogen-bond acceptors (Lipinski definition) is 9. The van der Waals surface area contributed by atoms with Gasteiger partial charge in [0.2, 0.25) is 11.8 Å². The van der Waals surface area contributed by atoms with Gasteiger partial charge < -0.3 is 34.3 Å². The van der Waals surface area contributed by atoms with E-state index < -0.39 is 0 Å². The summed E-state index contributed by atoms with van der Waals surface area (Å²) in [6.07, 6.45) is 5.72. The second-order valence-electron chi connectivity index (χ2n) is 8.22. The molecule has 0 radical (unpaired) electrons. The number of nitrogens with zero attached hydrogens (tertiary/aromatic N) is 2. The Bertz CT molecular complexity index is 557. The first-order valence-electron chi connectivity index (χ1n) is 12.3. The van der Waals surface area contributed by atoms with Gasteiger partial charge >= 0.3 is 0 Å². The second-order valence-corrected chi connectivity index (χ2v) is 8.22. The highest BCUT2D eigenvalue weighted by Gasteiger charge is 2.33. The molecule has 1 aliphatic heterocycles. The number of amides is 2. The van der Waals surface area contributed by atoms with E-state index in [2.05, 4.69) is 20.9 Å². The van der Waals surface area contributed by atoms with Crippen molar-refractivity contribution in [3.63, 3.8) is 0 Å². The quantitative estimate of drug-likeness (QED) is 0.188. The fourth-order valence-corrected chi connectivity index (χ4v) is 2.85. The van der Waals surface area contributed by atoms with Crippen molar-refractivity contribution in [2.24, 2.45) is 10.2 Å². The summed E-state index contributed by atoms with van der Waals surface area (Å²) in [5.41, 5.74) is -0.329. The third kappa shape index (κ3) is 19.8. The number of carbonyl (C=O) groups excluding carboxylic acids is 2. The summed E-state index contributed by atoms with van der Waals surface area (Å²) in [6, 6.07) is 0. The molecule has 1 rings (SSSR count). The molecule has 0 spiro atoms. The average Bonchev–Trinajstić information content (AvgIpc) is 3.57. The van der Waals surface area contributed by atoms with Crippen LogP contribution in [0.2, 0.25) is 0 Å². The van der Waals surface area contributed by atoms with Crippen LogP contribution < -0.4 is 10.6 Å². The lowest BCUT2D eigenvalue weighted by Crippen LogP contribution is -2.28. The smallest absolute Gasteiger partial charge is 0.222 e. The van der Waals surface area contributed by atoms with Crippen LogP contribution in [-0.2, 0) is 33.3 Å². The molecule has 0 fully saturated rings. The van der Waals surface area contributed by atoms with Crippen LogP contribution in [-0.4, -0.2) is 97.1 Å². The summed E-state index contributed by atoms with van der Waals surface area (Å²) >= 11 is 0. The third-order valence-electron chi connectivity index (χ3n) is 5.02. The van der Waals surface area contributed by atoms with Gasteiger partial charge in [0.15, 0.2) is 5.66 Å². The van der Waals surface area contributed by atoms with Gasteiger partial charge in [0.05, 0.1) is 52.9 Å². The largest absolute Gasteiger partial charge is 0.385 e. The normalized spacial score (nSPS) is 13.7. The van der Waals surface area contributed by atoms with Crippen molar-refractivity contribution in [1.82, 2.24) is 10.6 Å². The average molecular weight is 489 g/mol. The molecule has 0 saturated carbocycles. The van der Waals surface area contributed by atoms with E-state index in [1.165, 1.54) is 0 Å². The number of unbranched alkanes of at least 4 members (excludes halogenated alkanes) is 3. The molecule has 0 unspecified atom stereocenters. The maximum absolute atomic E-state index is 11.7. The zero-order valence-corrected chi connectivity index (χ0v) is 21.0. The van der Waals surface area contributed by atoms with Crippen LogP contribution in [0.15, 0.2) is 10.2 Å². The van der Waals surface area contributed by atoms with Crippen LogP contribution >= 0.6 is 0 Å². The second kappa shape index (κ2) is 20.7. The van der Waals surface area contributed by atoms with Gasteiger partial charge in [0.25, 0.3) is 0 Å². The van der Waals surface area contributed by atoms with E-state index in [4.69, 9.17) is 23.7 Å². The Morgan fingerprint density at radius 1 is 0.647 bits per heavy atom. The Morgan fingerprint density at radius 3 is 1.79 bits per heavy atom. The number of carbonyl (C=O) groups is 2. The van der Waals surface area contributed by atoms with Gasteiger partial charge in [-0.25, -0.2) is 0 Å². The first kappa shape index (κ1) is 30.4. The Morgan fingerprint density at radius 2 is 1.18 bits per heavy atom. The topological polar surface area (TPSA) is 129 Å². The first-order valence-corrected chi connectivity index (χ1v) is 12.3. The van der Waals surface area contributed by atoms with E-state index in [0.29, 0.717) is 85.2 Å². The van der Waals surface area contributed by atoms with Crippen molar-refractivity contribution in [2.45, 2.75) is 57.5 Å². The summed E-state index contributed by atoms with van der Waals surface area (Å²) in [6.45, 7) is 7.52. The molecule has 0 aromatic heterocycles. The molecule has 0 aliphatic carbocycles. The summed E-state index contributed by atoms with van der Waals surface area (Å²) in [4.78, 5) is 23.3. The summed E-state index contributed by atoms with van der Waals surface area (Å²) < 4.78 is 26.7. The molecule has 1 heterocycles. The predicted molar refractivity (Wildman–Crippen MR) is 127 cm³/mol. The zero-order valence-electron chi connectivity index (χ0n) is 21.0. The number of hydrogen-bond donors (Lipinski definition) is 2. The van der Waals surface area contributed by atoms with Crippen LogP contribution in [0, 0.1) is 0 Å². The summed E-state index contributed by atoms with van der Waals surface area (Å²) in [5, 5.41) is 13.5. The highest BCUT2D eigenvalue weighted by Crippen LogP contribution is 2.31. The standard InChI is InChI=1S/C23H44N4O7/c1-23(26-27-23)9-7-21(28)25-11-14-32-16-18-34-20-19-33-17-15-31-13-8-22(29)24-10-5-3-4-6-12-30-2/h3-20H2,1-2H3,(H,24,29)(H,25,28). The number of methoxy groups -OCH3 is 1. The highest BCUT2D eigenvalue weighted by atomic mass is 16.6.